The fourth-order valence-electron chi connectivity index (χ4n) is 4.25. The van der Waals surface area contributed by atoms with E-state index in [2.05, 4.69) is 15.6 Å². The maximum atomic E-state index is 14.7. The Labute approximate surface area is 231 Å². The number of carbonyl (C=O) groups excluding carboxylic acids is 2. The first-order chi connectivity index (χ1) is 18.9. The summed E-state index contributed by atoms with van der Waals surface area (Å²) in [6.45, 7) is 0. The third kappa shape index (κ3) is 7.01. The summed E-state index contributed by atoms with van der Waals surface area (Å²) in [7, 11) is 0. The first kappa shape index (κ1) is 28.7. The number of halogens is 6. The molecule has 1 atom stereocenters. The predicted molar refractivity (Wildman–Crippen MR) is 140 cm³/mol. The molecule has 4 aromatic rings. The van der Waals surface area contributed by atoms with Gasteiger partial charge in [-0.05, 0) is 59.7 Å². The van der Waals surface area contributed by atoms with Gasteiger partial charge in [0.2, 0.25) is 0 Å². The minimum Gasteiger partial charge on any atom is -0.322 e. The molecule has 0 aliphatic carbocycles. The number of aromatic nitrogens is 1. The first-order valence-corrected chi connectivity index (χ1v) is 12.2. The molecule has 11 heteroatoms. The molecule has 0 radical (unpaired) electrons. The van der Waals surface area contributed by atoms with Crippen LogP contribution >= 0.6 is 11.6 Å². The van der Waals surface area contributed by atoms with Crippen molar-refractivity contribution in [2.24, 2.45) is 0 Å². The molecule has 0 spiro atoms. The molecular formula is C29H21ClF5N3O2. The molecule has 40 heavy (non-hydrogen) atoms. The molecule has 2 amide bonds. The molecule has 1 aromatic heterocycles. The van der Waals surface area contributed by atoms with Gasteiger partial charge in [-0.2, -0.15) is 13.2 Å². The van der Waals surface area contributed by atoms with Crippen molar-refractivity contribution in [1.82, 2.24) is 10.3 Å². The molecule has 0 saturated carbocycles. The zero-order chi connectivity index (χ0) is 28.9. The van der Waals surface area contributed by atoms with Crippen molar-refractivity contribution in [3.63, 3.8) is 0 Å². The second-order valence-electron chi connectivity index (χ2n) is 8.96. The summed E-state index contributed by atoms with van der Waals surface area (Å²) in [5.41, 5.74) is -3.23. The van der Waals surface area contributed by atoms with Crippen LogP contribution in [0.1, 0.15) is 28.8 Å². The molecule has 2 N–H and O–H groups in total. The highest BCUT2D eigenvalue weighted by Crippen LogP contribution is 2.38. The van der Waals surface area contributed by atoms with E-state index in [1.807, 2.05) is 0 Å². The number of hydrogen-bond acceptors (Lipinski definition) is 3. The van der Waals surface area contributed by atoms with E-state index in [-0.39, 0.29) is 28.4 Å². The van der Waals surface area contributed by atoms with Crippen LogP contribution in [0.15, 0.2) is 91.1 Å². The molecule has 0 unspecified atom stereocenters. The molecule has 3 aromatic carbocycles. The molecule has 0 bridgehead atoms. The number of nitrogens with zero attached hydrogens (tertiary/aromatic N) is 1. The molecule has 5 nitrogen and oxygen atoms in total. The van der Waals surface area contributed by atoms with Crippen molar-refractivity contribution in [2.75, 3.05) is 5.32 Å². The zero-order valence-corrected chi connectivity index (χ0v) is 21.4. The SMILES string of the molecule is O=C(Cc1ccccc1)C[C@](NC(=O)Nc1cccc(F)c1)(c1cc(F)cc(C(F)(F)F)c1)c1ccc(Cl)cn1. The van der Waals surface area contributed by atoms with Crippen LogP contribution < -0.4 is 10.6 Å². The fourth-order valence-corrected chi connectivity index (χ4v) is 4.36. The Kier molecular flexibility index (Phi) is 8.49. The van der Waals surface area contributed by atoms with Crippen molar-refractivity contribution in [1.29, 1.82) is 0 Å². The Morgan fingerprint density at radius 3 is 2.20 bits per heavy atom. The van der Waals surface area contributed by atoms with Crippen LogP contribution in [0.25, 0.3) is 0 Å². The number of nitrogens with one attached hydrogen (secondary N) is 2. The monoisotopic (exact) mass is 573 g/mol. The number of Topliss-reactive ketones (excluding diaryl/α,β-unsaturated/α-hetero) is 1. The lowest BCUT2D eigenvalue weighted by Crippen LogP contribution is -2.50. The molecule has 1 heterocycles. The summed E-state index contributed by atoms with van der Waals surface area (Å²) in [6, 6.07) is 16.9. The molecule has 0 aliphatic rings. The van der Waals surface area contributed by atoms with Crippen LogP contribution in [-0.2, 0) is 22.9 Å². The quantitative estimate of drug-likeness (QED) is 0.217. The number of pyridine rings is 1. The highest BCUT2D eigenvalue weighted by molar-refractivity contribution is 6.30. The Balaban J connectivity index is 1.86. The minimum atomic E-state index is -4.94. The summed E-state index contributed by atoms with van der Waals surface area (Å²) in [5.74, 6) is -2.39. The van der Waals surface area contributed by atoms with Crippen LogP contribution in [-0.4, -0.2) is 16.8 Å². The van der Waals surface area contributed by atoms with Crippen molar-refractivity contribution in [3.8, 4) is 0 Å². The second kappa shape index (κ2) is 11.8. The largest absolute Gasteiger partial charge is 0.416 e. The van der Waals surface area contributed by atoms with Crippen molar-refractivity contribution >= 4 is 29.1 Å². The van der Waals surface area contributed by atoms with Crippen molar-refractivity contribution in [3.05, 3.63) is 130 Å². The number of rotatable bonds is 8. The van der Waals surface area contributed by atoms with E-state index in [1.165, 1.54) is 30.5 Å². The Bertz CT molecular complexity index is 1510. The number of hydrogen-bond donors (Lipinski definition) is 2. The number of alkyl halides is 3. The highest BCUT2D eigenvalue weighted by Gasteiger charge is 2.42. The van der Waals surface area contributed by atoms with Crippen LogP contribution in [0.3, 0.4) is 0 Å². The van der Waals surface area contributed by atoms with Crippen LogP contribution in [0.4, 0.5) is 32.4 Å². The third-order valence-corrected chi connectivity index (χ3v) is 6.22. The zero-order valence-electron chi connectivity index (χ0n) is 20.6. The molecule has 206 valence electrons. The number of urea groups is 1. The summed E-state index contributed by atoms with van der Waals surface area (Å²) in [4.78, 5) is 30.8. The van der Waals surface area contributed by atoms with Crippen molar-refractivity contribution < 1.29 is 31.5 Å². The Morgan fingerprint density at radius 1 is 0.825 bits per heavy atom. The van der Waals surface area contributed by atoms with Gasteiger partial charge in [0.05, 0.1) is 16.3 Å². The van der Waals surface area contributed by atoms with Gasteiger partial charge < -0.3 is 10.6 Å². The molecular weight excluding hydrogens is 553 g/mol. The van der Waals surface area contributed by atoms with Gasteiger partial charge in [-0.15, -0.1) is 0 Å². The van der Waals surface area contributed by atoms with Crippen molar-refractivity contribution in [2.45, 2.75) is 24.6 Å². The van der Waals surface area contributed by atoms with Gasteiger partial charge >= 0.3 is 12.2 Å². The standard InChI is InChI=1S/C29H21ClF5N3O2/c30-21-9-10-26(36-17-21)28(16-25(39)11-18-5-2-1-3-6-18,19-12-20(29(33,34)35)14-23(32)13-19)38-27(40)37-24-8-4-7-22(31)15-24/h1-10,12-15,17H,11,16H2,(H2,37,38,40)/t28-/m0/s1. The van der Waals surface area contributed by atoms with Gasteiger partial charge in [0.25, 0.3) is 0 Å². The Hall–Kier alpha value is -4.31. The van der Waals surface area contributed by atoms with E-state index < -0.39 is 47.1 Å². The van der Waals surface area contributed by atoms with Crippen LogP contribution in [0, 0.1) is 11.6 Å². The topological polar surface area (TPSA) is 71.1 Å². The van der Waals surface area contributed by atoms with E-state index in [0.29, 0.717) is 17.7 Å². The fraction of sp³-hybridized carbons (Fsp3) is 0.138. The van der Waals surface area contributed by atoms with E-state index in [4.69, 9.17) is 11.6 Å². The Morgan fingerprint density at radius 2 is 1.55 bits per heavy atom. The average Bonchev–Trinajstić information content (AvgIpc) is 2.88. The van der Waals surface area contributed by atoms with Gasteiger partial charge in [0, 0.05) is 24.7 Å². The average molecular weight is 574 g/mol. The van der Waals surface area contributed by atoms with E-state index in [0.717, 1.165) is 18.2 Å². The second-order valence-corrected chi connectivity index (χ2v) is 9.40. The van der Waals surface area contributed by atoms with Gasteiger partial charge in [-0.3, -0.25) is 9.78 Å². The first-order valence-electron chi connectivity index (χ1n) is 11.9. The number of amides is 2. The van der Waals surface area contributed by atoms with E-state index >= 15 is 0 Å². The van der Waals surface area contributed by atoms with Crippen LogP contribution in [0.5, 0.6) is 0 Å². The normalized spacial score (nSPS) is 12.8. The molecule has 0 saturated heterocycles. The van der Waals surface area contributed by atoms with E-state index in [1.54, 1.807) is 30.3 Å². The van der Waals surface area contributed by atoms with Gasteiger partial charge in [-0.25, -0.2) is 13.6 Å². The number of anilines is 1. The summed E-state index contributed by atoms with van der Waals surface area (Å²) in [5, 5.41) is 5.11. The lowest BCUT2D eigenvalue weighted by atomic mass is 9.80. The maximum absolute atomic E-state index is 14.7. The van der Waals surface area contributed by atoms with Gasteiger partial charge in [-0.1, -0.05) is 48.0 Å². The van der Waals surface area contributed by atoms with Gasteiger partial charge in [0.1, 0.15) is 23.0 Å². The van der Waals surface area contributed by atoms with Gasteiger partial charge in [0.15, 0.2) is 0 Å². The number of benzene rings is 3. The summed E-state index contributed by atoms with van der Waals surface area (Å²) < 4.78 is 69.6. The van der Waals surface area contributed by atoms with Crippen LogP contribution in [0.2, 0.25) is 5.02 Å². The molecule has 0 aliphatic heterocycles. The summed E-state index contributed by atoms with van der Waals surface area (Å²) >= 11 is 5.99. The maximum Gasteiger partial charge on any atom is 0.416 e. The molecule has 0 fully saturated rings. The lowest BCUT2D eigenvalue weighted by Gasteiger charge is -2.35. The lowest BCUT2D eigenvalue weighted by molar-refractivity contribution is -0.137. The number of carbonyl (C=O) groups is 2. The highest BCUT2D eigenvalue weighted by atomic mass is 35.5. The van der Waals surface area contributed by atoms with E-state index in [9.17, 15) is 31.5 Å². The number of ketones is 1. The smallest absolute Gasteiger partial charge is 0.322 e. The summed E-state index contributed by atoms with van der Waals surface area (Å²) in [6.07, 6.45) is -4.49. The molecule has 4 rings (SSSR count). The minimum absolute atomic E-state index is 0.0290. The predicted octanol–water partition coefficient (Wildman–Crippen LogP) is 7.30. The third-order valence-electron chi connectivity index (χ3n) is 6.00.